The van der Waals surface area contributed by atoms with Crippen LogP contribution in [0.5, 0.6) is 0 Å². The standard InChI is InChI=1S/C12H17FN2O/c1-8-6-15(7-9(2)16-8)12-4-10(13)3-11(14)5-12/h3-5,8-9H,6-7,14H2,1-2H3. The van der Waals surface area contributed by atoms with E-state index in [-0.39, 0.29) is 18.0 Å². The molecular formula is C12H17FN2O. The summed E-state index contributed by atoms with van der Waals surface area (Å²) in [5.41, 5.74) is 6.93. The number of nitrogens with two attached hydrogens (primary N) is 1. The zero-order valence-electron chi connectivity index (χ0n) is 9.61. The number of nitrogen functional groups attached to an aromatic ring is 1. The van der Waals surface area contributed by atoms with Gasteiger partial charge in [-0.2, -0.15) is 0 Å². The Hall–Kier alpha value is -1.29. The van der Waals surface area contributed by atoms with Crippen molar-refractivity contribution in [2.24, 2.45) is 0 Å². The van der Waals surface area contributed by atoms with Crippen molar-refractivity contribution in [3.63, 3.8) is 0 Å². The molecule has 1 heterocycles. The van der Waals surface area contributed by atoms with Crippen LogP contribution < -0.4 is 10.6 Å². The highest BCUT2D eigenvalue weighted by Crippen LogP contribution is 2.23. The second-order valence-electron chi connectivity index (χ2n) is 4.41. The molecule has 0 aliphatic carbocycles. The average molecular weight is 224 g/mol. The van der Waals surface area contributed by atoms with E-state index in [1.54, 1.807) is 6.07 Å². The number of benzene rings is 1. The molecule has 0 bridgehead atoms. The Labute approximate surface area is 95.0 Å². The second kappa shape index (κ2) is 4.29. The van der Waals surface area contributed by atoms with Gasteiger partial charge in [0, 0.05) is 24.5 Å². The van der Waals surface area contributed by atoms with Crippen LogP contribution in [-0.2, 0) is 4.74 Å². The molecule has 0 spiro atoms. The monoisotopic (exact) mass is 224 g/mol. The summed E-state index contributed by atoms with van der Waals surface area (Å²) in [6, 6.07) is 4.64. The molecule has 16 heavy (non-hydrogen) atoms. The van der Waals surface area contributed by atoms with Crippen molar-refractivity contribution in [1.29, 1.82) is 0 Å². The van der Waals surface area contributed by atoms with Gasteiger partial charge in [-0.1, -0.05) is 0 Å². The Morgan fingerprint density at radius 1 is 1.25 bits per heavy atom. The summed E-state index contributed by atoms with van der Waals surface area (Å²) >= 11 is 0. The van der Waals surface area contributed by atoms with Gasteiger partial charge in [-0.15, -0.1) is 0 Å². The molecule has 2 atom stereocenters. The molecule has 0 amide bonds. The van der Waals surface area contributed by atoms with Gasteiger partial charge < -0.3 is 15.4 Å². The van der Waals surface area contributed by atoms with Crippen molar-refractivity contribution in [3.8, 4) is 0 Å². The molecule has 1 aromatic rings. The van der Waals surface area contributed by atoms with Gasteiger partial charge in [-0.05, 0) is 32.0 Å². The summed E-state index contributed by atoms with van der Waals surface area (Å²) in [6.45, 7) is 5.58. The van der Waals surface area contributed by atoms with Crippen LogP contribution in [0.2, 0.25) is 0 Å². The van der Waals surface area contributed by atoms with Crippen LogP contribution in [0.3, 0.4) is 0 Å². The highest BCUT2D eigenvalue weighted by atomic mass is 19.1. The SMILES string of the molecule is CC1CN(c2cc(N)cc(F)c2)CC(C)O1. The van der Waals surface area contributed by atoms with Crippen LogP contribution in [-0.4, -0.2) is 25.3 Å². The summed E-state index contributed by atoms with van der Waals surface area (Å²) < 4.78 is 18.9. The highest BCUT2D eigenvalue weighted by molar-refractivity contribution is 5.56. The fourth-order valence-corrected chi connectivity index (χ4v) is 2.17. The molecular weight excluding hydrogens is 207 g/mol. The Kier molecular flexibility index (Phi) is 3.01. The van der Waals surface area contributed by atoms with E-state index in [2.05, 4.69) is 4.90 Å². The van der Waals surface area contributed by atoms with Crippen molar-refractivity contribution in [2.75, 3.05) is 23.7 Å². The maximum atomic E-state index is 13.2. The van der Waals surface area contributed by atoms with E-state index in [9.17, 15) is 4.39 Å². The second-order valence-corrected chi connectivity index (χ2v) is 4.41. The van der Waals surface area contributed by atoms with Gasteiger partial charge in [-0.3, -0.25) is 0 Å². The van der Waals surface area contributed by atoms with Crippen molar-refractivity contribution < 1.29 is 9.13 Å². The molecule has 0 radical (unpaired) electrons. The molecule has 0 saturated carbocycles. The van der Waals surface area contributed by atoms with E-state index in [1.807, 2.05) is 13.8 Å². The maximum Gasteiger partial charge on any atom is 0.127 e. The number of morpholine rings is 1. The van der Waals surface area contributed by atoms with Gasteiger partial charge in [0.15, 0.2) is 0 Å². The molecule has 2 N–H and O–H groups in total. The first-order valence-corrected chi connectivity index (χ1v) is 5.51. The van der Waals surface area contributed by atoms with Gasteiger partial charge in [0.1, 0.15) is 5.82 Å². The number of ether oxygens (including phenoxy) is 1. The molecule has 1 aliphatic rings. The molecule has 1 fully saturated rings. The van der Waals surface area contributed by atoms with Gasteiger partial charge >= 0.3 is 0 Å². The number of halogens is 1. The number of nitrogens with zero attached hydrogens (tertiary/aromatic N) is 1. The van der Waals surface area contributed by atoms with E-state index in [0.717, 1.165) is 18.8 Å². The van der Waals surface area contributed by atoms with Gasteiger partial charge in [0.05, 0.1) is 12.2 Å². The Bertz CT molecular complexity index is 353. The van der Waals surface area contributed by atoms with Crippen LogP contribution >= 0.6 is 0 Å². The quantitative estimate of drug-likeness (QED) is 0.742. The van der Waals surface area contributed by atoms with Crippen LogP contribution in [0.15, 0.2) is 18.2 Å². The summed E-state index contributed by atoms with van der Waals surface area (Å²) in [5, 5.41) is 0. The van der Waals surface area contributed by atoms with E-state index in [4.69, 9.17) is 10.5 Å². The largest absolute Gasteiger partial charge is 0.399 e. The molecule has 4 heteroatoms. The first-order chi connectivity index (χ1) is 7.54. The minimum Gasteiger partial charge on any atom is -0.399 e. The van der Waals surface area contributed by atoms with E-state index < -0.39 is 0 Å². The summed E-state index contributed by atoms with van der Waals surface area (Å²) in [6.07, 6.45) is 0.321. The number of anilines is 2. The third kappa shape index (κ3) is 2.44. The first-order valence-electron chi connectivity index (χ1n) is 5.51. The normalized spacial score (nSPS) is 25.8. The minimum atomic E-state index is -0.290. The molecule has 1 aromatic carbocycles. The topological polar surface area (TPSA) is 38.5 Å². The van der Waals surface area contributed by atoms with Crippen LogP contribution in [0, 0.1) is 5.82 Å². The minimum absolute atomic E-state index is 0.160. The smallest absolute Gasteiger partial charge is 0.127 e. The zero-order valence-corrected chi connectivity index (χ0v) is 9.61. The Balaban J connectivity index is 2.22. The van der Waals surface area contributed by atoms with E-state index in [0.29, 0.717) is 5.69 Å². The third-order valence-electron chi connectivity index (χ3n) is 2.69. The Morgan fingerprint density at radius 3 is 2.44 bits per heavy atom. The molecule has 1 saturated heterocycles. The van der Waals surface area contributed by atoms with Crippen molar-refractivity contribution in [3.05, 3.63) is 24.0 Å². The molecule has 3 nitrogen and oxygen atoms in total. The first kappa shape index (κ1) is 11.2. The zero-order chi connectivity index (χ0) is 11.7. The van der Waals surface area contributed by atoms with Crippen molar-refractivity contribution in [2.45, 2.75) is 26.1 Å². The third-order valence-corrected chi connectivity index (χ3v) is 2.69. The molecule has 0 aromatic heterocycles. The fourth-order valence-electron chi connectivity index (χ4n) is 2.17. The highest BCUT2D eigenvalue weighted by Gasteiger charge is 2.22. The molecule has 2 unspecified atom stereocenters. The van der Waals surface area contributed by atoms with Crippen LogP contribution in [0.4, 0.5) is 15.8 Å². The lowest BCUT2D eigenvalue weighted by molar-refractivity contribution is -0.00523. The number of hydrogen-bond acceptors (Lipinski definition) is 3. The maximum absolute atomic E-state index is 13.2. The summed E-state index contributed by atoms with van der Waals surface area (Å²) in [5.74, 6) is -0.290. The van der Waals surface area contributed by atoms with Gasteiger partial charge in [0.25, 0.3) is 0 Å². The van der Waals surface area contributed by atoms with Gasteiger partial charge in [-0.25, -0.2) is 4.39 Å². The summed E-state index contributed by atoms with van der Waals surface area (Å²) in [4.78, 5) is 2.11. The molecule has 1 aliphatic heterocycles. The van der Waals surface area contributed by atoms with Crippen LogP contribution in [0.1, 0.15) is 13.8 Å². The van der Waals surface area contributed by atoms with Crippen LogP contribution in [0.25, 0.3) is 0 Å². The van der Waals surface area contributed by atoms with E-state index >= 15 is 0 Å². The predicted molar refractivity (Wildman–Crippen MR) is 63.0 cm³/mol. The van der Waals surface area contributed by atoms with Crippen molar-refractivity contribution in [1.82, 2.24) is 0 Å². The fraction of sp³-hybridized carbons (Fsp3) is 0.500. The predicted octanol–water partition coefficient (Wildman–Crippen LogP) is 2.02. The number of rotatable bonds is 1. The molecule has 88 valence electrons. The number of hydrogen-bond donors (Lipinski definition) is 1. The van der Waals surface area contributed by atoms with Gasteiger partial charge in [0.2, 0.25) is 0 Å². The van der Waals surface area contributed by atoms with Crippen molar-refractivity contribution >= 4 is 11.4 Å². The lowest BCUT2D eigenvalue weighted by atomic mass is 10.2. The lowest BCUT2D eigenvalue weighted by Crippen LogP contribution is -2.45. The Morgan fingerprint density at radius 2 is 1.88 bits per heavy atom. The average Bonchev–Trinajstić information content (AvgIpc) is 2.14. The molecule has 2 rings (SSSR count). The lowest BCUT2D eigenvalue weighted by Gasteiger charge is -2.36. The summed E-state index contributed by atoms with van der Waals surface area (Å²) in [7, 11) is 0. The van der Waals surface area contributed by atoms with E-state index in [1.165, 1.54) is 12.1 Å².